The summed E-state index contributed by atoms with van der Waals surface area (Å²) in [6, 6.07) is 14.2. The van der Waals surface area contributed by atoms with Crippen LogP contribution in [-0.2, 0) is 6.54 Å². The van der Waals surface area contributed by atoms with Gasteiger partial charge < -0.3 is 24.8 Å². The van der Waals surface area contributed by atoms with Crippen molar-refractivity contribution >= 4 is 5.96 Å². The van der Waals surface area contributed by atoms with Crippen LogP contribution in [0.3, 0.4) is 0 Å². The third kappa shape index (κ3) is 6.89. The first-order chi connectivity index (χ1) is 14.1. The number of hydrogen-bond acceptors (Lipinski definition) is 4. The predicted molar refractivity (Wildman–Crippen MR) is 118 cm³/mol. The molecule has 2 aromatic rings. The summed E-state index contributed by atoms with van der Waals surface area (Å²) < 4.78 is 16.2. The van der Waals surface area contributed by atoms with Gasteiger partial charge in [0.05, 0.1) is 20.8 Å². The molecule has 0 radical (unpaired) electrons. The molecule has 0 aliphatic rings. The summed E-state index contributed by atoms with van der Waals surface area (Å²) in [4.78, 5) is 4.31. The van der Waals surface area contributed by atoms with E-state index in [2.05, 4.69) is 34.7 Å². The van der Waals surface area contributed by atoms with E-state index in [1.807, 2.05) is 37.3 Å². The normalized spacial score (nSPS) is 12.2. The van der Waals surface area contributed by atoms with Crippen molar-refractivity contribution in [2.45, 2.75) is 32.7 Å². The molecule has 158 valence electrons. The molecule has 0 saturated heterocycles. The van der Waals surface area contributed by atoms with Gasteiger partial charge in [-0.15, -0.1) is 0 Å². The number of hydrogen-bond donors (Lipinski definition) is 2. The van der Waals surface area contributed by atoms with Crippen LogP contribution in [0.2, 0.25) is 0 Å². The molecule has 2 aromatic carbocycles. The lowest BCUT2D eigenvalue weighted by atomic mass is 9.98. The fourth-order valence-electron chi connectivity index (χ4n) is 3.01. The standard InChI is InChI=1S/C23H33N3O3/c1-6-29-22-15-18(7-12-21(22)28-5)16-26-23(24-3)25-14-13-17(2)19-8-10-20(27-4)11-9-19/h7-12,15,17H,6,13-14,16H2,1-5H3,(H2,24,25,26). The molecule has 0 aromatic heterocycles. The van der Waals surface area contributed by atoms with E-state index in [0.717, 1.165) is 41.7 Å². The Bertz CT molecular complexity index is 775. The number of guanidine groups is 1. The van der Waals surface area contributed by atoms with Crippen molar-refractivity contribution in [2.24, 2.45) is 4.99 Å². The Kier molecular flexibility index (Phi) is 9.15. The van der Waals surface area contributed by atoms with Gasteiger partial charge in [0.15, 0.2) is 17.5 Å². The smallest absolute Gasteiger partial charge is 0.191 e. The SMILES string of the molecule is CCOc1cc(CNC(=NC)NCCC(C)c2ccc(OC)cc2)ccc1OC. The highest BCUT2D eigenvalue weighted by molar-refractivity contribution is 5.79. The maximum Gasteiger partial charge on any atom is 0.191 e. The van der Waals surface area contributed by atoms with Crippen molar-refractivity contribution in [2.75, 3.05) is 34.4 Å². The molecule has 0 heterocycles. The molecule has 2 N–H and O–H groups in total. The average Bonchev–Trinajstić information content (AvgIpc) is 2.76. The number of aliphatic imine (C=N–C) groups is 1. The van der Waals surface area contributed by atoms with Crippen LogP contribution in [-0.4, -0.2) is 40.4 Å². The van der Waals surface area contributed by atoms with Crippen LogP contribution in [0.15, 0.2) is 47.5 Å². The van der Waals surface area contributed by atoms with Crippen LogP contribution in [0.4, 0.5) is 0 Å². The molecular weight excluding hydrogens is 366 g/mol. The third-order valence-electron chi connectivity index (χ3n) is 4.77. The first-order valence-electron chi connectivity index (χ1n) is 9.99. The lowest BCUT2D eigenvalue weighted by Gasteiger charge is -2.16. The monoisotopic (exact) mass is 399 g/mol. The Hall–Kier alpha value is -2.89. The quantitative estimate of drug-likeness (QED) is 0.468. The molecule has 0 spiro atoms. The fraction of sp³-hybridized carbons (Fsp3) is 0.435. The lowest BCUT2D eigenvalue weighted by Crippen LogP contribution is -2.37. The van der Waals surface area contributed by atoms with Crippen molar-refractivity contribution < 1.29 is 14.2 Å². The maximum atomic E-state index is 5.64. The second-order valence-corrected chi connectivity index (χ2v) is 6.73. The van der Waals surface area contributed by atoms with Gasteiger partial charge in [0.1, 0.15) is 5.75 Å². The van der Waals surface area contributed by atoms with E-state index in [0.29, 0.717) is 19.1 Å². The molecule has 0 saturated carbocycles. The molecule has 0 aliphatic heterocycles. The van der Waals surface area contributed by atoms with Crippen molar-refractivity contribution in [3.05, 3.63) is 53.6 Å². The first kappa shape index (κ1) is 22.4. The minimum atomic E-state index is 0.446. The minimum Gasteiger partial charge on any atom is -0.497 e. The van der Waals surface area contributed by atoms with Crippen molar-refractivity contribution in [1.82, 2.24) is 10.6 Å². The average molecular weight is 400 g/mol. The van der Waals surface area contributed by atoms with Crippen LogP contribution in [0.1, 0.15) is 37.3 Å². The Morgan fingerprint density at radius 1 is 1.00 bits per heavy atom. The van der Waals surface area contributed by atoms with Gasteiger partial charge in [0.25, 0.3) is 0 Å². The van der Waals surface area contributed by atoms with Crippen molar-refractivity contribution in [3.8, 4) is 17.2 Å². The molecule has 0 bridgehead atoms. The number of nitrogens with one attached hydrogen (secondary N) is 2. The largest absolute Gasteiger partial charge is 0.497 e. The summed E-state index contributed by atoms with van der Waals surface area (Å²) in [5.74, 6) is 3.61. The summed E-state index contributed by atoms with van der Waals surface area (Å²) in [7, 11) is 5.11. The van der Waals surface area contributed by atoms with Crippen molar-refractivity contribution in [1.29, 1.82) is 0 Å². The van der Waals surface area contributed by atoms with Gasteiger partial charge in [-0.1, -0.05) is 25.1 Å². The van der Waals surface area contributed by atoms with E-state index in [4.69, 9.17) is 14.2 Å². The number of ether oxygens (including phenoxy) is 3. The zero-order valence-corrected chi connectivity index (χ0v) is 18.1. The molecular formula is C23H33N3O3. The molecule has 0 aliphatic carbocycles. The van der Waals surface area contributed by atoms with Gasteiger partial charge in [-0.3, -0.25) is 4.99 Å². The second-order valence-electron chi connectivity index (χ2n) is 6.73. The Balaban J connectivity index is 1.82. The van der Waals surface area contributed by atoms with E-state index in [1.165, 1.54) is 5.56 Å². The summed E-state index contributed by atoms with van der Waals surface area (Å²) >= 11 is 0. The van der Waals surface area contributed by atoms with Crippen LogP contribution < -0.4 is 24.8 Å². The lowest BCUT2D eigenvalue weighted by molar-refractivity contribution is 0.310. The van der Waals surface area contributed by atoms with Crippen LogP contribution in [0.5, 0.6) is 17.2 Å². The summed E-state index contributed by atoms with van der Waals surface area (Å²) in [5.41, 5.74) is 2.40. The van der Waals surface area contributed by atoms with Gasteiger partial charge in [-0.05, 0) is 54.7 Å². The molecule has 1 unspecified atom stereocenters. The van der Waals surface area contributed by atoms with Gasteiger partial charge in [0, 0.05) is 20.1 Å². The van der Waals surface area contributed by atoms with E-state index >= 15 is 0 Å². The number of benzene rings is 2. The molecule has 29 heavy (non-hydrogen) atoms. The van der Waals surface area contributed by atoms with Gasteiger partial charge in [0.2, 0.25) is 0 Å². The highest BCUT2D eigenvalue weighted by Gasteiger charge is 2.08. The second kappa shape index (κ2) is 11.8. The highest BCUT2D eigenvalue weighted by Crippen LogP contribution is 2.28. The van der Waals surface area contributed by atoms with Crippen LogP contribution in [0, 0.1) is 0 Å². The maximum absolute atomic E-state index is 5.64. The number of nitrogens with zero attached hydrogens (tertiary/aromatic N) is 1. The van der Waals surface area contributed by atoms with Gasteiger partial charge in [-0.2, -0.15) is 0 Å². The minimum absolute atomic E-state index is 0.446. The molecule has 6 nitrogen and oxygen atoms in total. The molecule has 0 amide bonds. The topological polar surface area (TPSA) is 64.1 Å². The summed E-state index contributed by atoms with van der Waals surface area (Å²) in [6.45, 7) is 6.27. The number of rotatable bonds is 10. The molecule has 0 fully saturated rings. The van der Waals surface area contributed by atoms with E-state index in [9.17, 15) is 0 Å². The van der Waals surface area contributed by atoms with Crippen molar-refractivity contribution in [3.63, 3.8) is 0 Å². The van der Waals surface area contributed by atoms with Gasteiger partial charge in [-0.25, -0.2) is 0 Å². The molecule has 1 atom stereocenters. The summed E-state index contributed by atoms with van der Waals surface area (Å²) in [5, 5.41) is 6.73. The number of methoxy groups -OCH3 is 2. The van der Waals surface area contributed by atoms with E-state index in [-0.39, 0.29) is 0 Å². The predicted octanol–water partition coefficient (Wildman–Crippen LogP) is 3.96. The third-order valence-corrected chi connectivity index (χ3v) is 4.77. The Morgan fingerprint density at radius 3 is 2.38 bits per heavy atom. The molecule has 6 heteroatoms. The Labute approximate surface area is 174 Å². The van der Waals surface area contributed by atoms with Crippen LogP contribution in [0.25, 0.3) is 0 Å². The van der Waals surface area contributed by atoms with Gasteiger partial charge >= 0.3 is 0 Å². The van der Waals surface area contributed by atoms with E-state index < -0.39 is 0 Å². The van der Waals surface area contributed by atoms with Crippen LogP contribution >= 0.6 is 0 Å². The first-order valence-corrected chi connectivity index (χ1v) is 9.99. The fourth-order valence-corrected chi connectivity index (χ4v) is 3.01. The highest BCUT2D eigenvalue weighted by atomic mass is 16.5. The summed E-state index contributed by atoms with van der Waals surface area (Å²) in [6.07, 6.45) is 1.00. The molecule has 2 rings (SSSR count). The Morgan fingerprint density at radius 2 is 1.76 bits per heavy atom. The zero-order valence-electron chi connectivity index (χ0n) is 18.1. The zero-order chi connectivity index (χ0) is 21.1. The van der Waals surface area contributed by atoms with E-state index in [1.54, 1.807) is 21.3 Å².